The quantitative estimate of drug-likeness (QED) is 0.603. The molecule has 2 rings (SSSR count). The number of carbonyl (C=O) groups excluding carboxylic acids is 2. The second kappa shape index (κ2) is 10.6. The maximum absolute atomic E-state index is 13.1. The van der Waals surface area contributed by atoms with Crippen LogP contribution in [0.4, 0.5) is 10.5 Å². The van der Waals surface area contributed by atoms with E-state index in [0.29, 0.717) is 24.4 Å². The number of hydrogen-bond acceptors (Lipinski definition) is 6. The third-order valence-electron chi connectivity index (χ3n) is 3.82. The minimum atomic E-state index is -0.558. The normalized spacial score (nSPS) is 13.1. The Morgan fingerprint density at radius 2 is 2.13 bits per heavy atom. The largest absolute Gasteiger partial charge is 0.444 e. The summed E-state index contributed by atoms with van der Waals surface area (Å²) in [7, 11) is 0. The van der Waals surface area contributed by atoms with Gasteiger partial charge < -0.3 is 20.7 Å². The molecule has 1 aliphatic rings. The number of hydrogen-bond donors (Lipinski definition) is 2. The Kier molecular flexibility index (Phi) is 8.50. The average Bonchev–Trinajstić information content (AvgIpc) is 2.88. The number of ether oxygens (including phenoxy) is 1. The fourth-order valence-electron chi connectivity index (χ4n) is 2.66. The van der Waals surface area contributed by atoms with E-state index in [1.54, 1.807) is 25.7 Å². The van der Waals surface area contributed by atoms with Gasteiger partial charge >= 0.3 is 6.09 Å². The van der Waals surface area contributed by atoms with E-state index in [4.69, 9.17) is 10.5 Å². The molecule has 0 bridgehead atoms. The standard InChI is InChI=1S/C21H27BrN4O3S/c1-5-9-26(10-7-6-8-24-20(28)29-21(2,3)4)19(27)14-11-16-15(13-17(22)30-16)25-18(23)12-14/h11,13H,5,8-10,12H2,1-4H3,(H2,23,25)(H,24,28). The Morgan fingerprint density at radius 1 is 1.40 bits per heavy atom. The summed E-state index contributed by atoms with van der Waals surface area (Å²) in [5.41, 5.74) is 6.82. The number of thiophene rings is 1. The highest BCUT2D eigenvalue weighted by molar-refractivity contribution is 9.11. The molecule has 9 heteroatoms. The minimum absolute atomic E-state index is 0.109. The van der Waals surface area contributed by atoms with Crippen LogP contribution in [0.25, 0.3) is 6.08 Å². The molecular formula is C21H27BrN4O3S. The summed E-state index contributed by atoms with van der Waals surface area (Å²) >= 11 is 4.96. The van der Waals surface area contributed by atoms with Crippen LogP contribution in [-0.4, -0.2) is 48.0 Å². The first-order valence-electron chi connectivity index (χ1n) is 9.64. The first-order valence-corrected chi connectivity index (χ1v) is 11.2. The predicted molar refractivity (Wildman–Crippen MR) is 125 cm³/mol. The molecule has 0 aromatic carbocycles. The fourth-order valence-corrected chi connectivity index (χ4v) is 4.19. The Balaban J connectivity index is 2.03. The van der Waals surface area contributed by atoms with E-state index in [1.165, 1.54) is 11.3 Å². The van der Waals surface area contributed by atoms with Gasteiger partial charge in [0.2, 0.25) is 0 Å². The van der Waals surface area contributed by atoms with E-state index in [1.807, 2.05) is 19.1 Å². The van der Waals surface area contributed by atoms with Crippen LogP contribution in [0.1, 0.15) is 45.4 Å². The summed E-state index contributed by atoms with van der Waals surface area (Å²) < 4.78 is 6.09. The number of amides is 2. The SMILES string of the molecule is CCCN(CC#CCNC(=O)OC(C)(C)C)C(=O)C1=Cc2sc(Br)cc2N=C(N)C1. The van der Waals surface area contributed by atoms with Gasteiger partial charge in [0.1, 0.15) is 11.4 Å². The number of alkyl carbamates (subject to hydrolysis) is 1. The van der Waals surface area contributed by atoms with E-state index in [0.717, 1.165) is 20.8 Å². The van der Waals surface area contributed by atoms with Gasteiger partial charge in [-0.05, 0) is 55.3 Å². The topological polar surface area (TPSA) is 97.0 Å². The molecule has 1 aromatic rings. The molecule has 0 spiro atoms. The number of nitrogens with zero attached hydrogens (tertiary/aromatic N) is 2. The summed E-state index contributed by atoms with van der Waals surface area (Å²) in [5.74, 6) is 6.11. The number of rotatable bonds is 5. The van der Waals surface area contributed by atoms with E-state index < -0.39 is 11.7 Å². The highest BCUT2D eigenvalue weighted by atomic mass is 79.9. The van der Waals surface area contributed by atoms with Gasteiger partial charge in [-0.2, -0.15) is 0 Å². The fraction of sp³-hybridized carbons (Fsp3) is 0.476. The Hall–Kier alpha value is -2.31. The number of nitrogens with two attached hydrogens (primary N) is 1. The van der Waals surface area contributed by atoms with Crippen molar-refractivity contribution in [2.75, 3.05) is 19.6 Å². The lowest BCUT2D eigenvalue weighted by Crippen LogP contribution is -2.34. The number of amidine groups is 1. The van der Waals surface area contributed by atoms with Crippen LogP contribution in [-0.2, 0) is 9.53 Å². The average molecular weight is 495 g/mol. The van der Waals surface area contributed by atoms with E-state index in [9.17, 15) is 9.59 Å². The molecule has 0 saturated carbocycles. The molecule has 0 aliphatic carbocycles. The van der Waals surface area contributed by atoms with Crippen LogP contribution in [0.2, 0.25) is 0 Å². The highest BCUT2D eigenvalue weighted by Crippen LogP contribution is 2.37. The van der Waals surface area contributed by atoms with Crippen molar-refractivity contribution in [1.29, 1.82) is 0 Å². The van der Waals surface area contributed by atoms with Crippen LogP contribution in [0.15, 0.2) is 20.4 Å². The van der Waals surface area contributed by atoms with Crippen LogP contribution < -0.4 is 11.1 Å². The number of carbonyl (C=O) groups is 2. The number of aliphatic imine (C=N–C) groups is 1. The van der Waals surface area contributed by atoms with Gasteiger partial charge in [0, 0.05) is 18.5 Å². The van der Waals surface area contributed by atoms with Crippen molar-refractivity contribution < 1.29 is 14.3 Å². The van der Waals surface area contributed by atoms with Gasteiger partial charge in [0.25, 0.3) is 5.91 Å². The lowest BCUT2D eigenvalue weighted by atomic mass is 10.1. The van der Waals surface area contributed by atoms with Crippen LogP contribution in [0.3, 0.4) is 0 Å². The Labute approximate surface area is 189 Å². The maximum Gasteiger partial charge on any atom is 0.408 e. The molecule has 1 aromatic heterocycles. The van der Waals surface area contributed by atoms with Gasteiger partial charge in [-0.25, -0.2) is 9.79 Å². The first kappa shape index (κ1) is 24.0. The van der Waals surface area contributed by atoms with Crippen molar-refractivity contribution in [2.45, 2.75) is 46.1 Å². The number of halogens is 1. The molecule has 0 fully saturated rings. The second-order valence-electron chi connectivity index (χ2n) is 7.69. The first-order chi connectivity index (χ1) is 14.1. The van der Waals surface area contributed by atoms with Gasteiger partial charge in [-0.3, -0.25) is 4.79 Å². The summed E-state index contributed by atoms with van der Waals surface area (Å²) in [6.07, 6.45) is 2.44. The zero-order valence-electron chi connectivity index (χ0n) is 17.7. The monoisotopic (exact) mass is 494 g/mol. The maximum atomic E-state index is 13.1. The summed E-state index contributed by atoms with van der Waals surface area (Å²) in [6.45, 7) is 8.37. The number of nitrogens with one attached hydrogen (secondary N) is 1. The second-order valence-corrected chi connectivity index (χ2v) is 10.1. The van der Waals surface area contributed by atoms with Crippen molar-refractivity contribution in [1.82, 2.24) is 10.2 Å². The molecule has 162 valence electrons. The highest BCUT2D eigenvalue weighted by Gasteiger charge is 2.21. The van der Waals surface area contributed by atoms with E-state index in [2.05, 4.69) is 38.1 Å². The smallest absolute Gasteiger partial charge is 0.408 e. The van der Waals surface area contributed by atoms with Crippen LogP contribution in [0.5, 0.6) is 0 Å². The van der Waals surface area contributed by atoms with Gasteiger partial charge in [-0.1, -0.05) is 18.8 Å². The summed E-state index contributed by atoms with van der Waals surface area (Å²) in [6, 6.07) is 1.89. The van der Waals surface area contributed by atoms with E-state index in [-0.39, 0.29) is 19.0 Å². The van der Waals surface area contributed by atoms with Crippen molar-refractivity contribution in [3.8, 4) is 11.8 Å². The summed E-state index contributed by atoms with van der Waals surface area (Å²) in [5, 5.41) is 2.58. The summed E-state index contributed by atoms with van der Waals surface area (Å²) in [4.78, 5) is 31.7. The zero-order valence-corrected chi connectivity index (χ0v) is 20.1. The molecule has 0 radical (unpaired) electrons. The van der Waals surface area contributed by atoms with Crippen molar-refractivity contribution in [2.24, 2.45) is 10.7 Å². The molecule has 2 heterocycles. The van der Waals surface area contributed by atoms with Crippen molar-refractivity contribution >= 4 is 56.9 Å². The van der Waals surface area contributed by atoms with Gasteiger partial charge in [0.05, 0.1) is 27.4 Å². The molecule has 30 heavy (non-hydrogen) atoms. The van der Waals surface area contributed by atoms with E-state index >= 15 is 0 Å². The molecule has 7 nitrogen and oxygen atoms in total. The lowest BCUT2D eigenvalue weighted by molar-refractivity contribution is -0.126. The van der Waals surface area contributed by atoms with Gasteiger partial charge in [-0.15, -0.1) is 11.3 Å². The van der Waals surface area contributed by atoms with Gasteiger partial charge in [0.15, 0.2) is 0 Å². The lowest BCUT2D eigenvalue weighted by Gasteiger charge is -2.21. The Bertz CT molecular complexity index is 919. The third kappa shape index (κ3) is 7.50. The molecule has 2 amide bonds. The Morgan fingerprint density at radius 3 is 2.80 bits per heavy atom. The molecule has 1 aliphatic heterocycles. The minimum Gasteiger partial charge on any atom is -0.444 e. The molecule has 0 saturated heterocycles. The molecular weight excluding hydrogens is 468 g/mol. The van der Waals surface area contributed by atoms with Crippen molar-refractivity contribution in [3.05, 3.63) is 20.3 Å². The molecule has 0 unspecified atom stereocenters. The zero-order chi connectivity index (χ0) is 22.3. The van der Waals surface area contributed by atoms with Crippen LogP contribution in [0, 0.1) is 11.8 Å². The molecule has 3 N–H and O–H groups in total. The molecule has 0 atom stereocenters. The van der Waals surface area contributed by atoms with Crippen molar-refractivity contribution in [3.63, 3.8) is 0 Å². The van der Waals surface area contributed by atoms with Crippen LogP contribution >= 0.6 is 27.3 Å². The third-order valence-corrected chi connectivity index (χ3v) is 5.40. The number of fused-ring (bicyclic) bond motifs is 1. The predicted octanol–water partition coefficient (Wildman–Crippen LogP) is 4.05.